The highest BCUT2D eigenvalue weighted by atomic mass is 16.7. The van der Waals surface area contributed by atoms with Crippen LogP contribution in [0.3, 0.4) is 0 Å². The zero-order valence-electron chi connectivity index (χ0n) is 15.6. The van der Waals surface area contributed by atoms with Crippen molar-refractivity contribution in [1.29, 1.82) is 0 Å². The van der Waals surface area contributed by atoms with Crippen molar-refractivity contribution < 1.29 is 28.7 Å². The van der Waals surface area contributed by atoms with E-state index in [-0.39, 0.29) is 13.4 Å². The van der Waals surface area contributed by atoms with Crippen LogP contribution < -0.4 is 14.2 Å². The minimum atomic E-state index is -0.915. The molecule has 0 saturated carbocycles. The first kappa shape index (κ1) is 19.5. The lowest BCUT2D eigenvalue weighted by molar-refractivity contribution is -0.483. The van der Waals surface area contributed by atoms with Crippen molar-refractivity contribution in [3.8, 4) is 17.2 Å². The van der Waals surface area contributed by atoms with E-state index in [4.69, 9.17) is 18.9 Å². The summed E-state index contributed by atoms with van der Waals surface area (Å²) in [7, 11) is 1.49. The van der Waals surface area contributed by atoms with E-state index in [0.717, 1.165) is 0 Å². The van der Waals surface area contributed by atoms with Gasteiger partial charge in [0.1, 0.15) is 5.75 Å². The van der Waals surface area contributed by atoms with Crippen LogP contribution in [0.1, 0.15) is 29.9 Å². The normalized spacial score (nSPS) is 14.2. The molecule has 1 aliphatic heterocycles. The zero-order valence-corrected chi connectivity index (χ0v) is 15.6. The van der Waals surface area contributed by atoms with Gasteiger partial charge in [0, 0.05) is 10.5 Å². The summed E-state index contributed by atoms with van der Waals surface area (Å²) in [6, 6.07) is 12.0. The molecule has 3 rings (SSSR count). The third-order valence-corrected chi connectivity index (χ3v) is 4.59. The zero-order chi connectivity index (χ0) is 20.1. The Labute approximate surface area is 162 Å². The SMILES string of the molecule is CCOC(=O)C(c1ccccc1OC)C(C[N+](=O)[O-])c1ccc2c(c1)OCO2. The lowest BCUT2D eigenvalue weighted by Crippen LogP contribution is -2.28. The van der Waals surface area contributed by atoms with Crippen LogP contribution in [-0.2, 0) is 9.53 Å². The van der Waals surface area contributed by atoms with E-state index in [1.54, 1.807) is 49.4 Å². The molecule has 0 aromatic heterocycles. The molecule has 2 aromatic rings. The molecule has 1 heterocycles. The fourth-order valence-corrected chi connectivity index (χ4v) is 3.37. The maximum Gasteiger partial charge on any atom is 0.314 e. The van der Waals surface area contributed by atoms with Crippen molar-refractivity contribution >= 4 is 5.97 Å². The number of esters is 1. The summed E-state index contributed by atoms with van der Waals surface area (Å²) in [6.07, 6.45) is 0. The Morgan fingerprint density at radius 3 is 2.68 bits per heavy atom. The van der Waals surface area contributed by atoms with Crippen LogP contribution in [0.25, 0.3) is 0 Å². The number of para-hydroxylation sites is 1. The monoisotopic (exact) mass is 387 g/mol. The molecule has 148 valence electrons. The number of nitrogens with zero attached hydrogens (tertiary/aromatic N) is 1. The topological polar surface area (TPSA) is 97.1 Å². The Hall–Kier alpha value is -3.29. The van der Waals surface area contributed by atoms with E-state index in [0.29, 0.717) is 28.4 Å². The van der Waals surface area contributed by atoms with Crippen LogP contribution in [0.15, 0.2) is 42.5 Å². The van der Waals surface area contributed by atoms with Crippen molar-refractivity contribution in [3.05, 3.63) is 63.7 Å². The number of benzene rings is 2. The summed E-state index contributed by atoms with van der Waals surface area (Å²) in [5, 5.41) is 11.5. The van der Waals surface area contributed by atoms with Crippen LogP contribution in [0.5, 0.6) is 17.2 Å². The average Bonchev–Trinajstić information content (AvgIpc) is 3.15. The number of rotatable bonds is 8. The first-order chi connectivity index (χ1) is 13.5. The van der Waals surface area contributed by atoms with Crippen LogP contribution in [-0.4, -0.2) is 37.9 Å². The van der Waals surface area contributed by atoms with Crippen molar-refractivity contribution in [2.45, 2.75) is 18.8 Å². The lowest BCUT2D eigenvalue weighted by atomic mass is 9.80. The maximum absolute atomic E-state index is 12.9. The molecular weight excluding hydrogens is 366 g/mol. The Bertz CT molecular complexity index is 867. The molecule has 1 aliphatic rings. The van der Waals surface area contributed by atoms with E-state index in [1.165, 1.54) is 7.11 Å². The van der Waals surface area contributed by atoms with Gasteiger partial charge in [-0.05, 0) is 30.7 Å². The Morgan fingerprint density at radius 2 is 1.96 bits per heavy atom. The van der Waals surface area contributed by atoms with Gasteiger partial charge in [0.15, 0.2) is 11.5 Å². The van der Waals surface area contributed by atoms with Gasteiger partial charge in [-0.25, -0.2) is 0 Å². The Morgan fingerprint density at radius 1 is 1.21 bits per heavy atom. The first-order valence-electron chi connectivity index (χ1n) is 8.86. The lowest BCUT2D eigenvalue weighted by Gasteiger charge is -2.25. The Kier molecular flexibility index (Phi) is 5.98. The molecule has 28 heavy (non-hydrogen) atoms. The van der Waals surface area contributed by atoms with Crippen molar-refractivity contribution in [3.63, 3.8) is 0 Å². The van der Waals surface area contributed by atoms with Crippen LogP contribution in [0.2, 0.25) is 0 Å². The van der Waals surface area contributed by atoms with E-state index < -0.39 is 29.3 Å². The smallest absolute Gasteiger partial charge is 0.314 e. The molecule has 0 bridgehead atoms. The van der Waals surface area contributed by atoms with E-state index in [9.17, 15) is 14.9 Å². The standard InChI is InChI=1S/C20H21NO7/c1-3-26-20(22)19(14-6-4-5-7-16(14)25-2)15(11-21(23)24)13-8-9-17-18(10-13)28-12-27-17/h4-10,15,19H,3,11-12H2,1-2H3. The predicted octanol–water partition coefficient (Wildman–Crippen LogP) is 3.13. The van der Waals surface area contributed by atoms with Gasteiger partial charge in [0.25, 0.3) is 0 Å². The van der Waals surface area contributed by atoms with E-state index >= 15 is 0 Å². The molecule has 0 saturated heterocycles. The van der Waals surface area contributed by atoms with Gasteiger partial charge >= 0.3 is 5.97 Å². The van der Waals surface area contributed by atoms with Gasteiger partial charge in [-0.2, -0.15) is 0 Å². The van der Waals surface area contributed by atoms with Gasteiger partial charge in [0.05, 0.1) is 25.6 Å². The molecule has 8 heteroatoms. The molecular formula is C20H21NO7. The number of hydrogen-bond donors (Lipinski definition) is 0. The fraction of sp³-hybridized carbons (Fsp3) is 0.350. The van der Waals surface area contributed by atoms with Crippen molar-refractivity contribution in [1.82, 2.24) is 0 Å². The highest BCUT2D eigenvalue weighted by Gasteiger charge is 2.38. The number of methoxy groups -OCH3 is 1. The molecule has 0 fully saturated rings. The van der Waals surface area contributed by atoms with Crippen molar-refractivity contribution in [2.24, 2.45) is 0 Å². The van der Waals surface area contributed by atoms with Gasteiger partial charge in [-0.3, -0.25) is 14.9 Å². The van der Waals surface area contributed by atoms with Gasteiger partial charge < -0.3 is 18.9 Å². The van der Waals surface area contributed by atoms with Gasteiger partial charge in [-0.1, -0.05) is 24.3 Å². The number of hydrogen-bond acceptors (Lipinski definition) is 7. The summed E-state index contributed by atoms with van der Waals surface area (Å²) in [6.45, 7) is 1.49. The minimum Gasteiger partial charge on any atom is -0.496 e. The molecule has 2 aromatic carbocycles. The minimum absolute atomic E-state index is 0.0898. The van der Waals surface area contributed by atoms with Gasteiger partial charge in [0.2, 0.25) is 13.3 Å². The second kappa shape index (κ2) is 8.60. The molecule has 0 N–H and O–H groups in total. The summed E-state index contributed by atoms with van der Waals surface area (Å²) in [4.78, 5) is 23.9. The average molecular weight is 387 g/mol. The van der Waals surface area contributed by atoms with E-state index in [2.05, 4.69) is 0 Å². The van der Waals surface area contributed by atoms with Crippen molar-refractivity contribution in [2.75, 3.05) is 27.1 Å². The summed E-state index contributed by atoms with van der Waals surface area (Å²) in [5.74, 6) is -0.713. The summed E-state index contributed by atoms with van der Waals surface area (Å²) >= 11 is 0. The van der Waals surface area contributed by atoms with Crippen LogP contribution >= 0.6 is 0 Å². The molecule has 0 radical (unpaired) electrons. The fourth-order valence-electron chi connectivity index (χ4n) is 3.37. The molecule has 2 unspecified atom stereocenters. The highest BCUT2D eigenvalue weighted by molar-refractivity contribution is 5.81. The molecule has 0 aliphatic carbocycles. The summed E-state index contributed by atoms with van der Waals surface area (Å²) in [5.41, 5.74) is 1.12. The Balaban J connectivity index is 2.11. The maximum atomic E-state index is 12.9. The van der Waals surface area contributed by atoms with E-state index in [1.807, 2.05) is 0 Å². The number of carbonyl (C=O) groups is 1. The largest absolute Gasteiger partial charge is 0.496 e. The second-order valence-corrected chi connectivity index (χ2v) is 6.21. The third-order valence-electron chi connectivity index (χ3n) is 4.59. The number of ether oxygens (including phenoxy) is 4. The number of nitro groups is 1. The molecule has 0 spiro atoms. The van der Waals surface area contributed by atoms with Crippen LogP contribution in [0, 0.1) is 10.1 Å². The highest BCUT2D eigenvalue weighted by Crippen LogP contribution is 2.42. The van der Waals surface area contributed by atoms with Gasteiger partial charge in [-0.15, -0.1) is 0 Å². The molecule has 2 atom stereocenters. The molecule has 0 amide bonds. The summed E-state index contributed by atoms with van der Waals surface area (Å²) < 4.78 is 21.4. The first-order valence-corrected chi connectivity index (χ1v) is 8.86. The second-order valence-electron chi connectivity index (χ2n) is 6.21. The number of fused-ring (bicyclic) bond motifs is 1. The molecule has 8 nitrogen and oxygen atoms in total. The third kappa shape index (κ3) is 4.00. The predicted molar refractivity (Wildman–Crippen MR) is 99.5 cm³/mol. The van der Waals surface area contributed by atoms with Crippen LogP contribution in [0.4, 0.5) is 0 Å². The number of carbonyl (C=O) groups excluding carboxylic acids is 1. The quantitative estimate of drug-likeness (QED) is 0.390.